The Morgan fingerprint density at radius 2 is 1.11 bits per heavy atom. The first-order chi connectivity index (χ1) is 13.7. The molecule has 0 saturated carbocycles. The average Bonchev–Trinajstić information content (AvgIpc) is 2.68. The maximum absolute atomic E-state index is 10.4. The molecule has 0 fully saturated rings. The van der Waals surface area contributed by atoms with E-state index in [1.807, 2.05) is 0 Å². The fourth-order valence-corrected chi connectivity index (χ4v) is 3.41. The van der Waals surface area contributed by atoms with Crippen LogP contribution in [0, 0.1) is 5.92 Å². The summed E-state index contributed by atoms with van der Waals surface area (Å²) in [6.07, 6.45) is 31.2. The molecule has 0 saturated heterocycles. The van der Waals surface area contributed by atoms with Crippen LogP contribution in [0.2, 0.25) is 0 Å². The molecule has 0 rings (SSSR count). The van der Waals surface area contributed by atoms with Gasteiger partial charge in [0.1, 0.15) is 0 Å². The highest BCUT2D eigenvalue weighted by Gasteiger charge is 1.98. The van der Waals surface area contributed by atoms with E-state index in [0.29, 0.717) is 0 Å². The van der Waals surface area contributed by atoms with Gasteiger partial charge in [0.2, 0.25) is 0 Å². The second-order valence-electron chi connectivity index (χ2n) is 8.43. The molecular weight excluding hydrogens is 344 g/mol. The summed E-state index contributed by atoms with van der Waals surface area (Å²) < 4.78 is 0. The minimum atomic E-state index is -0.695. The lowest BCUT2D eigenvalue weighted by atomic mass is 9.99. The SMILES string of the molecule is CCC(C)CCCCCCCCCCCC/C=C\CC/C=C\CCCC(=O)O. The maximum Gasteiger partial charge on any atom is 0.303 e. The highest BCUT2D eigenvalue weighted by atomic mass is 16.4. The number of carboxylic acids is 1. The highest BCUT2D eigenvalue weighted by molar-refractivity contribution is 5.66. The number of hydrogen-bond donors (Lipinski definition) is 1. The van der Waals surface area contributed by atoms with Gasteiger partial charge in [0.15, 0.2) is 0 Å². The monoisotopic (exact) mass is 392 g/mol. The van der Waals surface area contributed by atoms with Crippen molar-refractivity contribution in [1.29, 1.82) is 0 Å². The maximum atomic E-state index is 10.4. The molecule has 0 bridgehead atoms. The van der Waals surface area contributed by atoms with Crippen LogP contribution in [0.3, 0.4) is 0 Å². The first-order valence-corrected chi connectivity index (χ1v) is 12.2. The third-order valence-electron chi connectivity index (χ3n) is 5.61. The van der Waals surface area contributed by atoms with Gasteiger partial charge < -0.3 is 5.11 Å². The van der Waals surface area contributed by atoms with Crippen LogP contribution in [0.5, 0.6) is 0 Å². The smallest absolute Gasteiger partial charge is 0.303 e. The summed E-state index contributed by atoms with van der Waals surface area (Å²) in [4.78, 5) is 10.4. The third kappa shape index (κ3) is 23.0. The molecule has 0 aromatic heterocycles. The van der Waals surface area contributed by atoms with Gasteiger partial charge in [-0.2, -0.15) is 0 Å². The van der Waals surface area contributed by atoms with Crippen LogP contribution in [0.1, 0.15) is 129 Å². The summed E-state index contributed by atoms with van der Waals surface area (Å²) in [5.41, 5.74) is 0. The summed E-state index contributed by atoms with van der Waals surface area (Å²) in [5.74, 6) is 0.229. The van der Waals surface area contributed by atoms with Crippen LogP contribution in [0.15, 0.2) is 24.3 Å². The number of carbonyl (C=O) groups is 1. The second kappa shape index (κ2) is 22.2. The molecule has 0 aliphatic heterocycles. The largest absolute Gasteiger partial charge is 0.481 e. The lowest BCUT2D eigenvalue weighted by molar-refractivity contribution is -0.137. The Kier molecular flexibility index (Phi) is 21.4. The van der Waals surface area contributed by atoms with Gasteiger partial charge in [0.25, 0.3) is 0 Å². The lowest BCUT2D eigenvalue weighted by Crippen LogP contribution is -1.92. The van der Waals surface area contributed by atoms with Gasteiger partial charge in [-0.15, -0.1) is 0 Å². The van der Waals surface area contributed by atoms with Gasteiger partial charge in [-0.05, 0) is 44.4 Å². The molecule has 0 aromatic carbocycles. The predicted molar refractivity (Wildman–Crippen MR) is 124 cm³/mol. The fourth-order valence-electron chi connectivity index (χ4n) is 3.41. The molecule has 0 aromatic rings. The Bertz CT molecular complexity index is 384. The molecule has 1 unspecified atom stereocenters. The minimum absolute atomic E-state index is 0.281. The van der Waals surface area contributed by atoms with Crippen molar-refractivity contribution < 1.29 is 9.90 Å². The summed E-state index contributed by atoms with van der Waals surface area (Å²) in [6.45, 7) is 4.68. The zero-order valence-corrected chi connectivity index (χ0v) is 19.0. The van der Waals surface area contributed by atoms with E-state index >= 15 is 0 Å². The molecule has 0 radical (unpaired) electrons. The molecule has 0 heterocycles. The normalized spacial score (nSPS) is 12.9. The van der Waals surface area contributed by atoms with Gasteiger partial charge in [0.05, 0.1) is 0 Å². The Hall–Kier alpha value is -1.05. The number of carboxylic acid groups (broad SMARTS) is 1. The van der Waals surface area contributed by atoms with E-state index in [4.69, 9.17) is 5.11 Å². The molecule has 0 aliphatic rings. The van der Waals surface area contributed by atoms with Crippen molar-refractivity contribution in [2.24, 2.45) is 5.92 Å². The van der Waals surface area contributed by atoms with E-state index < -0.39 is 5.97 Å². The zero-order valence-electron chi connectivity index (χ0n) is 19.0. The van der Waals surface area contributed by atoms with Crippen molar-refractivity contribution in [2.75, 3.05) is 0 Å². The molecule has 2 nitrogen and oxygen atoms in total. The van der Waals surface area contributed by atoms with Gasteiger partial charge in [-0.25, -0.2) is 0 Å². The van der Waals surface area contributed by atoms with E-state index in [1.54, 1.807) is 0 Å². The second-order valence-corrected chi connectivity index (χ2v) is 8.43. The molecule has 164 valence electrons. The Balaban J connectivity index is 3.17. The molecule has 28 heavy (non-hydrogen) atoms. The van der Waals surface area contributed by atoms with Gasteiger partial charge in [-0.3, -0.25) is 4.79 Å². The van der Waals surface area contributed by atoms with Crippen molar-refractivity contribution in [1.82, 2.24) is 0 Å². The number of aliphatic carboxylic acids is 1. The van der Waals surface area contributed by atoms with Crippen molar-refractivity contribution in [3.63, 3.8) is 0 Å². The molecule has 0 aliphatic carbocycles. The van der Waals surface area contributed by atoms with Crippen LogP contribution in [-0.2, 0) is 4.79 Å². The third-order valence-corrected chi connectivity index (χ3v) is 5.61. The summed E-state index contributed by atoms with van der Waals surface area (Å²) in [7, 11) is 0. The first-order valence-electron chi connectivity index (χ1n) is 12.2. The molecule has 1 N–H and O–H groups in total. The summed E-state index contributed by atoms with van der Waals surface area (Å²) in [5, 5.41) is 8.55. The zero-order chi connectivity index (χ0) is 20.7. The van der Waals surface area contributed by atoms with Crippen LogP contribution in [0.4, 0.5) is 0 Å². The van der Waals surface area contributed by atoms with Crippen LogP contribution in [-0.4, -0.2) is 11.1 Å². The van der Waals surface area contributed by atoms with Crippen molar-refractivity contribution >= 4 is 5.97 Å². The van der Waals surface area contributed by atoms with E-state index in [1.165, 1.54) is 83.5 Å². The van der Waals surface area contributed by atoms with E-state index in [-0.39, 0.29) is 6.42 Å². The molecule has 2 heteroatoms. The van der Waals surface area contributed by atoms with Crippen LogP contribution < -0.4 is 0 Å². The van der Waals surface area contributed by atoms with Gasteiger partial charge >= 0.3 is 5.97 Å². The highest BCUT2D eigenvalue weighted by Crippen LogP contribution is 2.15. The average molecular weight is 393 g/mol. The number of rotatable bonds is 21. The number of allylic oxidation sites excluding steroid dienone is 4. The predicted octanol–water partition coefficient (Wildman–Crippen LogP) is 8.86. The van der Waals surface area contributed by atoms with Crippen molar-refractivity contribution in [3.8, 4) is 0 Å². The number of hydrogen-bond acceptors (Lipinski definition) is 1. The van der Waals surface area contributed by atoms with Crippen LogP contribution in [0.25, 0.3) is 0 Å². The topological polar surface area (TPSA) is 37.3 Å². The summed E-state index contributed by atoms with van der Waals surface area (Å²) >= 11 is 0. The summed E-state index contributed by atoms with van der Waals surface area (Å²) in [6, 6.07) is 0. The van der Waals surface area contributed by atoms with Gasteiger partial charge in [-0.1, -0.05) is 109 Å². The molecule has 0 spiro atoms. The quantitative estimate of drug-likeness (QED) is 0.156. The van der Waals surface area contributed by atoms with Gasteiger partial charge in [0, 0.05) is 6.42 Å². The minimum Gasteiger partial charge on any atom is -0.481 e. The van der Waals surface area contributed by atoms with Crippen molar-refractivity contribution in [2.45, 2.75) is 129 Å². The molecule has 1 atom stereocenters. The van der Waals surface area contributed by atoms with E-state index in [9.17, 15) is 4.79 Å². The Labute approximate surface area is 175 Å². The molecule has 0 amide bonds. The first kappa shape index (κ1) is 27.0. The Morgan fingerprint density at radius 1 is 0.679 bits per heavy atom. The number of unbranched alkanes of at least 4 members (excludes halogenated alkanes) is 12. The van der Waals surface area contributed by atoms with E-state index in [2.05, 4.69) is 38.2 Å². The standard InChI is InChI=1S/C26H48O2/c1-3-25(2)23-21-19-17-15-13-11-9-7-5-4-6-8-10-12-14-16-18-20-22-24-26(27)28/h8,10,16,18,25H,3-7,9,11-15,17,19-24H2,1-2H3,(H,27,28)/b10-8-,18-16-. The van der Waals surface area contributed by atoms with E-state index in [0.717, 1.165) is 31.6 Å². The van der Waals surface area contributed by atoms with Crippen LogP contribution >= 0.6 is 0 Å². The van der Waals surface area contributed by atoms with Crippen molar-refractivity contribution in [3.05, 3.63) is 24.3 Å². The molecular formula is C26H48O2. The fraction of sp³-hybridized carbons (Fsp3) is 0.808. The lowest BCUT2D eigenvalue weighted by Gasteiger charge is -2.07. The Morgan fingerprint density at radius 3 is 1.61 bits per heavy atom.